The van der Waals surface area contributed by atoms with Crippen LogP contribution in [0.4, 0.5) is 0 Å². The molecule has 3 heterocycles. The number of hydrogen-bond donors (Lipinski definition) is 0. The molecule has 4 rings (SSSR count). The fourth-order valence-electron chi connectivity index (χ4n) is 3.82. The molecule has 1 fully saturated rings. The number of nitriles is 1. The van der Waals surface area contributed by atoms with Crippen LogP contribution in [0, 0.1) is 11.3 Å². The summed E-state index contributed by atoms with van der Waals surface area (Å²) < 4.78 is 29.6. The average molecular weight is 491 g/mol. The minimum Gasteiger partial charge on any atom is -0.457 e. The minimum atomic E-state index is -3.35. The van der Waals surface area contributed by atoms with Gasteiger partial charge in [-0.2, -0.15) is 5.26 Å². The van der Waals surface area contributed by atoms with Crippen LogP contribution >= 0.6 is 23.2 Å². The summed E-state index contributed by atoms with van der Waals surface area (Å²) in [6.07, 6.45) is 1.58. The van der Waals surface area contributed by atoms with Crippen LogP contribution in [0.25, 0.3) is 17.4 Å². The molecule has 0 radical (unpaired) electrons. The second-order valence-corrected chi connectivity index (χ2v) is 10.6. The zero-order chi connectivity index (χ0) is 23.2. The van der Waals surface area contributed by atoms with E-state index in [4.69, 9.17) is 27.6 Å². The zero-order valence-corrected chi connectivity index (χ0v) is 19.1. The molecule has 7 nitrogen and oxygen atoms in total. The monoisotopic (exact) mass is 490 g/mol. The number of benzene rings is 1. The number of amides is 2. The number of nitrogens with zero attached hydrogens (tertiary/aromatic N) is 2. The standard InChI is InChI=1S/C22H16Cl2N2O5S/c1-12-17(9-15-3-5-20(31-15)16-4-2-13(23)8-19(16)24)21(27)26(22(28)18(12)10-25)14-6-7-32(29,30)11-14/h2-5,8-9,14H,6-7,11H2,1H3. The molecular formula is C22H16Cl2N2O5S. The lowest BCUT2D eigenvalue weighted by molar-refractivity contribution is -0.142. The summed E-state index contributed by atoms with van der Waals surface area (Å²) in [6.45, 7) is 1.50. The molecule has 0 saturated carbocycles. The summed E-state index contributed by atoms with van der Waals surface area (Å²) in [4.78, 5) is 26.9. The van der Waals surface area contributed by atoms with Gasteiger partial charge in [-0.1, -0.05) is 23.2 Å². The van der Waals surface area contributed by atoms with Gasteiger partial charge in [-0.15, -0.1) is 0 Å². The topological polar surface area (TPSA) is 108 Å². The normalized spacial score (nSPS) is 22.0. The highest BCUT2D eigenvalue weighted by atomic mass is 35.5. The van der Waals surface area contributed by atoms with Crippen LogP contribution in [0.5, 0.6) is 0 Å². The molecule has 2 aromatic rings. The quantitative estimate of drug-likeness (QED) is 0.474. The number of furan rings is 1. The number of hydrogen-bond acceptors (Lipinski definition) is 6. The van der Waals surface area contributed by atoms with E-state index in [9.17, 15) is 23.3 Å². The van der Waals surface area contributed by atoms with E-state index in [0.29, 0.717) is 27.1 Å². The molecule has 0 spiro atoms. The van der Waals surface area contributed by atoms with Gasteiger partial charge in [-0.25, -0.2) is 8.42 Å². The number of carbonyl (C=O) groups excluding carboxylic acids is 2. The van der Waals surface area contributed by atoms with E-state index >= 15 is 0 Å². The van der Waals surface area contributed by atoms with Gasteiger partial charge < -0.3 is 4.42 Å². The number of imide groups is 1. The Bertz CT molecular complexity index is 1360. The Morgan fingerprint density at radius 1 is 1.19 bits per heavy atom. The maximum atomic E-state index is 13.2. The van der Waals surface area contributed by atoms with Gasteiger partial charge in [0.05, 0.1) is 22.6 Å². The van der Waals surface area contributed by atoms with Crippen LogP contribution < -0.4 is 0 Å². The number of rotatable bonds is 3. The SMILES string of the molecule is CC1=C(C#N)C(=O)N(C2CCS(=O)(=O)C2)C(=O)C1=Cc1ccc(-c2ccc(Cl)cc2Cl)o1. The maximum absolute atomic E-state index is 13.2. The fraction of sp³-hybridized carbons (Fsp3) is 0.227. The van der Waals surface area contributed by atoms with Crippen LogP contribution in [0.1, 0.15) is 19.1 Å². The molecule has 164 valence electrons. The first kappa shape index (κ1) is 22.3. The summed E-state index contributed by atoms with van der Waals surface area (Å²) >= 11 is 12.2. The molecule has 0 N–H and O–H groups in total. The molecule has 0 aliphatic carbocycles. The Kier molecular flexibility index (Phi) is 5.76. The highest BCUT2D eigenvalue weighted by Gasteiger charge is 2.43. The summed E-state index contributed by atoms with van der Waals surface area (Å²) in [5.41, 5.74) is 0.705. The number of halogens is 2. The van der Waals surface area contributed by atoms with Gasteiger partial charge in [-0.3, -0.25) is 14.5 Å². The molecule has 2 amide bonds. The van der Waals surface area contributed by atoms with E-state index in [1.807, 2.05) is 6.07 Å². The molecule has 0 bridgehead atoms. The fourth-order valence-corrected chi connectivity index (χ4v) is 6.02. The van der Waals surface area contributed by atoms with E-state index in [2.05, 4.69) is 0 Å². The Balaban J connectivity index is 1.74. The van der Waals surface area contributed by atoms with E-state index in [0.717, 1.165) is 4.90 Å². The van der Waals surface area contributed by atoms with Crippen molar-refractivity contribution in [1.82, 2.24) is 4.90 Å². The van der Waals surface area contributed by atoms with Gasteiger partial charge in [-0.05, 0) is 55.3 Å². The highest BCUT2D eigenvalue weighted by molar-refractivity contribution is 7.91. The summed E-state index contributed by atoms with van der Waals surface area (Å²) in [5, 5.41) is 10.4. The lowest BCUT2D eigenvalue weighted by Crippen LogP contribution is -2.49. The first-order chi connectivity index (χ1) is 15.1. The second-order valence-electron chi connectivity index (χ2n) is 7.53. The van der Waals surface area contributed by atoms with Gasteiger partial charge in [0.2, 0.25) is 0 Å². The van der Waals surface area contributed by atoms with Gasteiger partial charge in [0, 0.05) is 16.2 Å². The van der Waals surface area contributed by atoms with Crippen molar-refractivity contribution in [2.75, 3.05) is 11.5 Å². The van der Waals surface area contributed by atoms with Crippen molar-refractivity contribution in [3.8, 4) is 17.4 Å². The third-order valence-corrected chi connectivity index (χ3v) is 7.75. The van der Waals surface area contributed by atoms with Crippen LogP contribution in [-0.4, -0.2) is 42.7 Å². The molecule has 32 heavy (non-hydrogen) atoms. The predicted molar refractivity (Wildman–Crippen MR) is 119 cm³/mol. The maximum Gasteiger partial charge on any atom is 0.271 e. The molecule has 2 aliphatic rings. The highest BCUT2D eigenvalue weighted by Crippen LogP contribution is 2.34. The third kappa shape index (κ3) is 3.99. The molecule has 1 aromatic carbocycles. The Labute approximate surface area is 194 Å². The molecular weight excluding hydrogens is 475 g/mol. The summed E-state index contributed by atoms with van der Waals surface area (Å²) in [6, 6.07) is 9.28. The third-order valence-electron chi connectivity index (χ3n) is 5.46. The molecule has 1 unspecified atom stereocenters. The molecule has 1 atom stereocenters. The number of carbonyl (C=O) groups is 2. The van der Waals surface area contributed by atoms with Crippen molar-refractivity contribution >= 4 is 50.9 Å². The Morgan fingerprint density at radius 2 is 1.94 bits per heavy atom. The average Bonchev–Trinajstić information content (AvgIpc) is 3.32. The van der Waals surface area contributed by atoms with E-state index in [1.54, 1.807) is 30.3 Å². The summed E-state index contributed by atoms with van der Waals surface area (Å²) in [7, 11) is -3.35. The lowest BCUT2D eigenvalue weighted by Gasteiger charge is -2.31. The Hall–Kier alpha value is -2.86. The van der Waals surface area contributed by atoms with Crippen LogP contribution in [0.2, 0.25) is 10.0 Å². The van der Waals surface area contributed by atoms with Crippen molar-refractivity contribution in [1.29, 1.82) is 5.26 Å². The summed E-state index contributed by atoms with van der Waals surface area (Å²) in [5.74, 6) is -1.10. The Morgan fingerprint density at radius 3 is 2.56 bits per heavy atom. The van der Waals surface area contributed by atoms with E-state index in [-0.39, 0.29) is 34.6 Å². The van der Waals surface area contributed by atoms with Crippen LogP contribution in [0.3, 0.4) is 0 Å². The number of sulfone groups is 1. The van der Waals surface area contributed by atoms with E-state index in [1.165, 1.54) is 13.0 Å². The largest absolute Gasteiger partial charge is 0.457 e. The smallest absolute Gasteiger partial charge is 0.271 e. The zero-order valence-electron chi connectivity index (χ0n) is 16.8. The van der Waals surface area contributed by atoms with Gasteiger partial charge in [0.1, 0.15) is 23.2 Å². The molecule has 10 heteroatoms. The molecule has 1 saturated heterocycles. The van der Waals surface area contributed by atoms with Crippen molar-refractivity contribution in [2.45, 2.75) is 19.4 Å². The van der Waals surface area contributed by atoms with Crippen LogP contribution in [-0.2, 0) is 19.4 Å². The van der Waals surface area contributed by atoms with Gasteiger partial charge in [0.15, 0.2) is 9.84 Å². The van der Waals surface area contributed by atoms with Crippen molar-refractivity contribution in [2.24, 2.45) is 0 Å². The second kappa shape index (κ2) is 8.24. The first-order valence-electron chi connectivity index (χ1n) is 9.58. The van der Waals surface area contributed by atoms with Crippen molar-refractivity contribution in [3.63, 3.8) is 0 Å². The van der Waals surface area contributed by atoms with E-state index < -0.39 is 27.7 Å². The first-order valence-corrected chi connectivity index (χ1v) is 12.2. The van der Waals surface area contributed by atoms with Crippen molar-refractivity contribution < 1.29 is 22.4 Å². The molecule has 2 aliphatic heterocycles. The lowest BCUT2D eigenvalue weighted by atomic mass is 9.93. The van der Waals surface area contributed by atoms with Gasteiger partial charge >= 0.3 is 0 Å². The van der Waals surface area contributed by atoms with Crippen LogP contribution in [0.15, 0.2) is 51.5 Å². The minimum absolute atomic E-state index is 0.0913. The van der Waals surface area contributed by atoms with Gasteiger partial charge in [0.25, 0.3) is 11.8 Å². The predicted octanol–water partition coefficient (Wildman–Crippen LogP) is 4.03. The van der Waals surface area contributed by atoms with Crippen molar-refractivity contribution in [3.05, 3.63) is 62.9 Å². The molecule has 1 aromatic heterocycles.